The number of pyridine rings is 1. The largest absolute Gasteiger partial charge is 0.356 e. The maximum atomic E-state index is 12.3. The first kappa shape index (κ1) is 18.9. The van der Waals surface area contributed by atoms with Crippen molar-refractivity contribution in [1.82, 2.24) is 20.3 Å². The van der Waals surface area contributed by atoms with Gasteiger partial charge in [-0.15, -0.1) is 0 Å². The molecule has 0 unspecified atom stereocenters. The Hall–Kier alpha value is -3.47. The van der Waals surface area contributed by atoms with Gasteiger partial charge in [-0.2, -0.15) is 0 Å². The molecule has 0 aliphatic heterocycles. The van der Waals surface area contributed by atoms with Crippen molar-refractivity contribution in [2.75, 3.05) is 6.54 Å². The van der Waals surface area contributed by atoms with Crippen LogP contribution in [0.15, 0.2) is 79.0 Å². The molecule has 2 heterocycles. The van der Waals surface area contributed by atoms with Gasteiger partial charge < -0.3 is 10.3 Å². The third kappa shape index (κ3) is 4.88. The molecule has 29 heavy (non-hydrogen) atoms. The van der Waals surface area contributed by atoms with Gasteiger partial charge in [0.2, 0.25) is 5.91 Å². The Labute approximate surface area is 170 Å². The van der Waals surface area contributed by atoms with E-state index >= 15 is 0 Å². The van der Waals surface area contributed by atoms with Crippen molar-refractivity contribution in [2.45, 2.75) is 25.2 Å². The van der Waals surface area contributed by atoms with E-state index in [1.54, 1.807) is 6.20 Å². The Bertz CT molecular complexity index is 987. The zero-order valence-electron chi connectivity index (χ0n) is 16.2. The molecule has 4 rings (SSSR count). The topological polar surface area (TPSA) is 70.7 Å². The lowest BCUT2D eigenvalue weighted by Gasteiger charge is -2.18. The first-order valence-corrected chi connectivity index (χ1v) is 9.96. The summed E-state index contributed by atoms with van der Waals surface area (Å²) in [4.78, 5) is 24.2. The van der Waals surface area contributed by atoms with E-state index in [0.717, 1.165) is 17.8 Å². The number of aryl methyl sites for hydroxylation is 1. The van der Waals surface area contributed by atoms with E-state index in [2.05, 4.69) is 68.8 Å². The summed E-state index contributed by atoms with van der Waals surface area (Å²) in [6.07, 6.45) is 3.55. The number of carbonyl (C=O) groups is 1. The van der Waals surface area contributed by atoms with E-state index in [4.69, 9.17) is 0 Å². The first-order chi connectivity index (χ1) is 14.3. The average Bonchev–Trinajstić information content (AvgIpc) is 3.20. The van der Waals surface area contributed by atoms with Crippen LogP contribution in [0.5, 0.6) is 0 Å². The monoisotopic (exact) mass is 384 g/mol. The Morgan fingerprint density at radius 1 is 0.931 bits per heavy atom. The first-order valence-electron chi connectivity index (χ1n) is 9.96. The fourth-order valence-electron chi connectivity index (χ4n) is 3.59. The van der Waals surface area contributed by atoms with Crippen molar-refractivity contribution in [3.63, 3.8) is 0 Å². The summed E-state index contributed by atoms with van der Waals surface area (Å²) < 4.78 is 0. The number of imidazole rings is 1. The molecule has 0 saturated carbocycles. The van der Waals surface area contributed by atoms with Crippen molar-refractivity contribution in [3.8, 4) is 0 Å². The zero-order valence-corrected chi connectivity index (χ0v) is 16.2. The fraction of sp³-hybridized carbons (Fsp3) is 0.208. The molecule has 0 aliphatic carbocycles. The third-order valence-corrected chi connectivity index (χ3v) is 5.05. The highest BCUT2D eigenvalue weighted by atomic mass is 16.1. The average molecular weight is 384 g/mol. The highest BCUT2D eigenvalue weighted by Gasteiger charge is 2.14. The minimum Gasteiger partial charge on any atom is -0.356 e. The molecule has 146 valence electrons. The molecule has 5 nitrogen and oxygen atoms in total. The van der Waals surface area contributed by atoms with Crippen LogP contribution in [0.25, 0.3) is 11.2 Å². The number of fused-ring (bicyclic) bond motifs is 1. The highest BCUT2D eigenvalue weighted by molar-refractivity contribution is 5.76. The number of benzene rings is 2. The molecule has 2 N–H and O–H groups in total. The van der Waals surface area contributed by atoms with Gasteiger partial charge >= 0.3 is 0 Å². The van der Waals surface area contributed by atoms with Crippen LogP contribution >= 0.6 is 0 Å². The zero-order chi connectivity index (χ0) is 19.9. The number of nitrogens with one attached hydrogen (secondary N) is 2. The molecule has 0 atom stereocenters. The Kier molecular flexibility index (Phi) is 5.95. The van der Waals surface area contributed by atoms with Crippen molar-refractivity contribution < 1.29 is 4.79 Å². The van der Waals surface area contributed by atoms with Gasteiger partial charge in [-0.25, -0.2) is 9.97 Å². The van der Waals surface area contributed by atoms with Gasteiger partial charge in [-0.1, -0.05) is 60.7 Å². The van der Waals surface area contributed by atoms with Gasteiger partial charge in [0.05, 0.1) is 5.52 Å². The quantitative estimate of drug-likeness (QED) is 0.478. The Balaban J connectivity index is 1.32. The maximum absolute atomic E-state index is 12.3. The summed E-state index contributed by atoms with van der Waals surface area (Å²) in [7, 11) is 0. The standard InChI is InChI=1S/C24H24N4O/c29-23(14-13-22-27-21-12-7-16-26-24(21)28-22)25-17-15-20(18-8-3-1-4-9-18)19-10-5-2-6-11-19/h1-12,16,20H,13-15,17H2,(H,25,29)(H,26,27,28). The summed E-state index contributed by atoms with van der Waals surface area (Å²) in [5.41, 5.74) is 4.12. The van der Waals surface area contributed by atoms with Gasteiger partial charge in [0.15, 0.2) is 5.65 Å². The molecule has 1 amide bonds. The SMILES string of the molecule is O=C(CCc1nc2ncccc2[nH]1)NCCC(c1ccccc1)c1ccccc1. The number of carbonyl (C=O) groups excluding carboxylic acids is 1. The minimum absolute atomic E-state index is 0.0401. The van der Waals surface area contributed by atoms with Gasteiger partial charge in [-0.3, -0.25) is 4.79 Å². The van der Waals surface area contributed by atoms with E-state index in [1.165, 1.54) is 11.1 Å². The van der Waals surface area contributed by atoms with E-state index in [9.17, 15) is 4.79 Å². The van der Waals surface area contributed by atoms with Crippen LogP contribution in [-0.2, 0) is 11.2 Å². The van der Waals surface area contributed by atoms with Crippen molar-refractivity contribution in [1.29, 1.82) is 0 Å². The number of amides is 1. The maximum Gasteiger partial charge on any atom is 0.220 e. The van der Waals surface area contributed by atoms with E-state index < -0.39 is 0 Å². The van der Waals surface area contributed by atoms with Crippen LogP contribution in [0, 0.1) is 0 Å². The Morgan fingerprint density at radius 2 is 1.62 bits per heavy atom. The molecule has 2 aromatic heterocycles. The summed E-state index contributed by atoms with van der Waals surface area (Å²) in [5.74, 6) is 1.10. The Morgan fingerprint density at radius 3 is 2.28 bits per heavy atom. The van der Waals surface area contributed by atoms with Crippen LogP contribution in [0.1, 0.15) is 35.7 Å². The predicted molar refractivity (Wildman–Crippen MR) is 115 cm³/mol. The lowest BCUT2D eigenvalue weighted by Crippen LogP contribution is -2.26. The normalized spacial score (nSPS) is 11.1. The summed E-state index contributed by atoms with van der Waals surface area (Å²) in [5, 5.41) is 3.06. The fourth-order valence-corrected chi connectivity index (χ4v) is 3.59. The van der Waals surface area contributed by atoms with Gasteiger partial charge in [-0.05, 0) is 29.7 Å². The second-order valence-corrected chi connectivity index (χ2v) is 7.07. The molecule has 0 radical (unpaired) electrons. The second kappa shape index (κ2) is 9.15. The molecule has 2 aromatic carbocycles. The molecule has 5 heteroatoms. The smallest absolute Gasteiger partial charge is 0.220 e. The summed E-state index contributed by atoms with van der Waals surface area (Å²) >= 11 is 0. The van der Waals surface area contributed by atoms with Gasteiger partial charge in [0.25, 0.3) is 0 Å². The number of nitrogens with zero attached hydrogens (tertiary/aromatic N) is 2. The molecule has 0 bridgehead atoms. The molecule has 0 fully saturated rings. The number of rotatable bonds is 8. The van der Waals surface area contributed by atoms with E-state index in [-0.39, 0.29) is 11.8 Å². The van der Waals surface area contributed by atoms with E-state index in [1.807, 2.05) is 24.3 Å². The lowest BCUT2D eigenvalue weighted by molar-refractivity contribution is -0.121. The van der Waals surface area contributed by atoms with Crippen molar-refractivity contribution in [3.05, 3.63) is 95.9 Å². The van der Waals surface area contributed by atoms with Crippen LogP contribution in [0.2, 0.25) is 0 Å². The summed E-state index contributed by atoms with van der Waals surface area (Å²) in [6.45, 7) is 0.634. The molecular weight excluding hydrogens is 360 g/mol. The minimum atomic E-state index is 0.0401. The molecule has 0 spiro atoms. The second-order valence-electron chi connectivity index (χ2n) is 7.07. The van der Waals surface area contributed by atoms with Crippen LogP contribution in [-0.4, -0.2) is 27.4 Å². The number of aromatic nitrogens is 3. The highest BCUT2D eigenvalue weighted by Crippen LogP contribution is 2.27. The molecule has 0 aliphatic rings. The van der Waals surface area contributed by atoms with E-state index in [0.29, 0.717) is 25.0 Å². The van der Waals surface area contributed by atoms with Crippen LogP contribution < -0.4 is 5.32 Å². The number of hydrogen-bond acceptors (Lipinski definition) is 3. The number of hydrogen-bond donors (Lipinski definition) is 2. The molecule has 4 aromatic rings. The molecular formula is C24H24N4O. The molecule has 0 saturated heterocycles. The van der Waals surface area contributed by atoms with Crippen LogP contribution in [0.4, 0.5) is 0 Å². The van der Waals surface area contributed by atoms with Crippen molar-refractivity contribution in [2.24, 2.45) is 0 Å². The number of H-pyrrole nitrogens is 1. The van der Waals surface area contributed by atoms with Crippen molar-refractivity contribution >= 4 is 17.1 Å². The summed E-state index contributed by atoms with van der Waals surface area (Å²) in [6, 6.07) is 24.7. The van der Waals surface area contributed by atoms with Crippen LogP contribution in [0.3, 0.4) is 0 Å². The van der Waals surface area contributed by atoms with Gasteiger partial charge in [0, 0.05) is 31.5 Å². The lowest BCUT2D eigenvalue weighted by atomic mass is 9.88. The van der Waals surface area contributed by atoms with Gasteiger partial charge in [0.1, 0.15) is 5.82 Å². The number of aromatic amines is 1. The third-order valence-electron chi connectivity index (χ3n) is 5.05. The predicted octanol–water partition coefficient (Wildman–Crippen LogP) is 4.23.